The van der Waals surface area contributed by atoms with E-state index in [2.05, 4.69) is 6.07 Å². The molecule has 92 valence electrons. The quantitative estimate of drug-likeness (QED) is 0.840. The Balaban J connectivity index is 2.39. The minimum atomic E-state index is -0.926. The maximum atomic E-state index is 11.2. The van der Waals surface area contributed by atoms with Crippen LogP contribution in [-0.2, 0) is 12.8 Å². The predicted octanol–water partition coefficient (Wildman–Crippen LogP) is 3.29. The van der Waals surface area contributed by atoms with Crippen LogP contribution in [-0.4, -0.2) is 23.6 Å². The van der Waals surface area contributed by atoms with E-state index in [-0.39, 0.29) is 0 Å². The molecule has 0 spiro atoms. The number of aryl methyl sites for hydroxylation is 1. The molecule has 1 amide bonds. The van der Waals surface area contributed by atoms with Gasteiger partial charge in [-0.2, -0.15) is 0 Å². The van der Waals surface area contributed by atoms with E-state index >= 15 is 0 Å². The topological polar surface area (TPSA) is 40.5 Å². The van der Waals surface area contributed by atoms with Crippen LogP contribution in [0.15, 0.2) is 18.2 Å². The van der Waals surface area contributed by atoms with Gasteiger partial charge in [0.05, 0.1) is 5.69 Å². The first kappa shape index (κ1) is 12.2. The number of hydrogen-bond donors (Lipinski definition) is 1. The fourth-order valence-corrected chi connectivity index (χ4v) is 2.59. The van der Waals surface area contributed by atoms with Gasteiger partial charge in [-0.05, 0) is 42.9 Å². The molecule has 0 unspecified atom stereocenters. The summed E-state index contributed by atoms with van der Waals surface area (Å²) in [6.07, 6.45) is 3.43. The lowest BCUT2D eigenvalue weighted by Crippen LogP contribution is -2.32. The van der Waals surface area contributed by atoms with Crippen LogP contribution < -0.4 is 4.90 Å². The highest BCUT2D eigenvalue weighted by molar-refractivity contribution is 6.18. The van der Waals surface area contributed by atoms with E-state index in [0.29, 0.717) is 12.4 Å². The van der Waals surface area contributed by atoms with Crippen molar-refractivity contribution in [1.29, 1.82) is 0 Å². The monoisotopic (exact) mass is 253 g/mol. The molecular formula is C13H16ClNO2. The summed E-state index contributed by atoms with van der Waals surface area (Å²) in [6, 6.07) is 5.91. The molecule has 1 aliphatic carbocycles. The first-order valence-electron chi connectivity index (χ1n) is 5.91. The zero-order valence-corrected chi connectivity index (χ0v) is 10.4. The van der Waals surface area contributed by atoms with Crippen LogP contribution in [0.2, 0.25) is 0 Å². The number of carbonyl (C=O) groups is 1. The molecule has 0 saturated carbocycles. The molecule has 2 rings (SSSR count). The molecule has 4 heteroatoms. The summed E-state index contributed by atoms with van der Waals surface area (Å²) >= 11 is 5.67. The average Bonchev–Trinajstić information content (AvgIpc) is 2.35. The molecule has 0 bridgehead atoms. The largest absolute Gasteiger partial charge is 0.465 e. The van der Waals surface area contributed by atoms with Gasteiger partial charge in [0.1, 0.15) is 0 Å². The standard InChI is InChI=1S/C13H16ClNO2/c14-8-9-15(13(16)17)12-7-3-5-10-4-1-2-6-11(10)12/h3,5,7H,1-2,4,6,8-9H2,(H,16,17). The normalized spacial score (nSPS) is 14.2. The van der Waals surface area contributed by atoms with Gasteiger partial charge in [-0.25, -0.2) is 4.79 Å². The van der Waals surface area contributed by atoms with Crippen molar-refractivity contribution in [3.8, 4) is 0 Å². The average molecular weight is 254 g/mol. The molecule has 1 aromatic rings. The number of rotatable bonds is 3. The van der Waals surface area contributed by atoms with Crippen LogP contribution >= 0.6 is 11.6 Å². The lowest BCUT2D eigenvalue weighted by atomic mass is 9.90. The van der Waals surface area contributed by atoms with Gasteiger partial charge in [0.2, 0.25) is 0 Å². The third-order valence-corrected chi connectivity index (χ3v) is 3.37. The zero-order valence-electron chi connectivity index (χ0n) is 9.66. The van der Waals surface area contributed by atoms with Crippen LogP contribution in [0.25, 0.3) is 0 Å². The number of alkyl halides is 1. The molecule has 1 N–H and O–H groups in total. The predicted molar refractivity (Wildman–Crippen MR) is 69.2 cm³/mol. The number of benzene rings is 1. The van der Waals surface area contributed by atoms with Gasteiger partial charge in [0, 0.05) is 12.4 Å². The molecule has 1 aromatic carbocycles. The van der Waals surface area contributed by atoms with Gasteiger partial charge < -0.3 is 5.11 Å². The van der Waals surface area contributed by atoms with Crippen LogP contribution in [0.4, 0.5) is 10.5 Å². The van der Waals surface area contributed by atoms with Crippen LogP contribution in [0.3, 0.4) is 0 Å². The number of anilines is 1. The van der Waals surface area contributed by atoms with Crippen molar-refractivity contribution in [3.63, 3.8) is 0 Å². The molecule has 0 aliphatic heterocycles. The Hall–Kier alpha value is -1.22. The fourth-order valence-electron chi connectivity index (χ4n) is 2.42. The first-order chi connectivity index (χ1) is 8.24. The summed E-state index contributed by atoms with van der Waals surface area (Å²) in [5, 5.41) is 9.23. The maximum absolute atomic E-state index is 11.2. The van der Waals surface area contributed by atoms with E-state index in [1.807, 2.05) is 12.1 Å². The van der Waals surface area contributed by atoms with E-state index in [4.69, 9.17) is 11.6 Å². The van der Waals surface area contributed by atoms with Crippen LogP contribution in [0.1, 0.15) is 24.0 Å². The summed E-state index contributed by atoms with van der Waals surface area (Å²) < 4.78 is 0. The molecule has 0 aromatic heterocycles. The van der Waals surface area contributed by atoms with Gasteiger partial charge in [-0.15, -0.1) is 11.6 Å². The van der Waals surface area contributed by atoms with Crippen LogP contribution in [0.5, 0.6) is 0 Å². The van der Waals surface area contributed by atoms with Gasteiger partial charge in [0.15, 0.2) is 0 Å². The summed E-state index contributed by atoms with van der Waals surface area (Å²) in [5.74, 6) is 0.315. The molecule has 1 aliphatic rings. The zero-order chi connectivity index (χ0) is 12.3. The number of nitrogens with zero attached hydrogens (tertiary/aromatic N) is 1. The maximum Gasteiger partial charge on any atom is 0.411 e. The molecule has 0 fully saturated rings. The fraction of sp³-hybridized carbons (Fsp3) is 0.462. The second-order valence-corrected chi connectivity index (χ2v) is 4.62. The molecule has 0 saturated heterocycles. The highest BCUT2D eigenvalue weighted by atomic mass is 35.5. The Morgan fingerprint density at radius 3 is 2.82 bits per heavy atom. The third kappa shape index (κ3) is 2.55. The smallest absolute Gasteiger partial charge is 0.411 e. The minimum absolute atomic E-state index is 0.315. The van der Waals surface area contributed by atoms with E-state index in [9.17, 15) is 9.90 Å². The van der Waals surface area contributed by atoms with Crippen LogP contribution in [0, 0.1) is 0 Å². The van der Waals surface area contributed by atoms with Crippen molar-refractivity contribution in [2.75, 3.05) is 17.3 Å². The van der Waals surface area contributed by atoms with E-state index < -0.39 is 6.09 Å². The highest BCUT2D eigenvalue weighted by Gasteiger charge is 2.20. The number of hydrogen-bond acceptors (Lipinski definition) is 1. The summed E-state index contributed by atoms with van der Waals surface area (Å²) in [6.45, 7) is 0.341. The molecular weight excluding hydrogens is 238 g/mol. The Kier molecular flexibility index (Phi) is 3.89. The number of fused-ring (bicyclic) bond motifs is 1. The summed E-state index contributed by atoms with van der Waals surface area (Å²) in [4.78, 5) is 12.6. The Labute approximate surface area is 106 Å². The highest BCUT2D eigenvalue weighted by Crippen LogP contribution is 2.30. The van der Waals surface area contributed by atoms with Crippen molar-refractivity contribution in [2.45, 2.75) is 25.7 Å². The molecule has 0 atom stereocenters. The Morgan fingerprint density at radius 2 is 2.12 bits per heavy atom. The van der Waals surface area contributed by atoms with Crippen molar-refractivity contribution >= 4 is 23.4 Å². The van der Waals surface area contributed by atoms with Gasteiger partial charge in [-0.1, -0.05) is 12.1 Å². The Bertz CT molecular complexity index is 420. The first-order valence-corrected chi connectivity index (χ1v) is 6.44. The lowest BCUT2D eigenvalue weighted by molar-refractivity contribution is 0.202. The van der Waals surface area contributed by atoms with E-state index in [1.54, 1.807) is 0 Å². The Morgan fingerprint density at radius 1 is 1.35 bits per heavy atom. The summed E-state index contributed by atoms with van der Waals surface area (Å²) in [5.41, 5.74) is 3.29. The molecule has 0 heterocycles. The van der Waals surface area contributed by atoms with Crippen molar-refractivity contribution in [2.24, 2.45) is 0 Å². The van der Waals surface area contributed by atoms with Gasteiger partial charge in [-0.3, -0.25) is 4.90 Å². The second kappa shape index (κ2) is 5.41. The van der Waals surface area contributed by atoms with E-state index in [1.165, 1.54) is 22.4 Å². The van der Waals surface area contributed by atoms with Gasteiger partial charge >= 0.3 is 6.09 Å². The molecule has 0 radical (unpaired) electrons. The van der Waals surface area contributed by atoms with Crippen molar-refractivity contribution < 1.29 is 9.90 Å². The number of halogens is 1. The van der Waals surface area contributed by atoms with E-state index in [0.717, 1.165) is 24.9 Å². The molecule has 3 nitrogen and oxygen atoms in total. The third-order valence-electron chi connectivity index (χ3n) is 3.20. The van der Waals surface area contributed by atoms with Crippen molar-refractivity contribution in [3.05, 3.63) is 29.3 Å². The number of amides is 1. The lowest BCUT2D eigenvalue weighted by Gasteiger charge is -2.25. The number of carboxylic acid groups (broad SMARTS) is 1. The second-order valence-electron chi connectivity index (χ2n) is 4.25. The minimum Gasteiger partial charge on any atom is -0.465 e. The summed E-state index contributed by atoms with van der Waals surface area (Å²) in [7, 11) is 0. The SMILES string of the molecule is O=C(O)N(CCCl)c1cccc2c1CCCC2. The van der Waals surface area contributed by atoms with Gasteiger partial charge in [0.25, 0.3) is 0 Å². The molecule has 17 heavy (non-hydrogen) atoms. The van der Waals surface area contributed by atoms with Crippen molar-refractivity contribution in [1.82, 2.24) is 0 Å².